The molecule has 0 radical (unpaired) electrons. The molecule has 1 heteroatoms. The van der Waals surface area contributed by atoms with E-state index in [-0.39, 0.29) is 5.92 Å². The van der Waals surface area contributed by atoms with Crippen molar-refractivity contribution in [3.8, 4) is 12.3 Å². The van der Waals surface area contributed by atoms with Gasteiger partial charge in [0.1, 0.15) is 6.29 Å². The molecule has 0 heterocycles. The molecule has 1 nitrogen and oxygen atoms in total. The predicted molar refractivity (Wildman–Crippen MR) is 70.2 cm³/mol. The summed E-state index contributed by atoms with van der Waals surface area (Å²) in [6.07, 6.45) is 18.3. The quantitative estimate of drug-likeness (QED) is 0.288. The van der Waals surface area contributed by atoms with Gasteiger partial charge in [-0.25, -0.2) is 0 Å². The third-order valence-electron chi connectivity index (χ3n) is 3.00. The molecule has 0 rings (SSSR count). The summed E-state index contributed by atoms with van der Waals surface area (Å²) >= 11 is 0. The summed E-state index contributed by atoms with van der Waals surface area (Å²) in [4.78, 5) is 10.6. The van der Waals surface area contributed by atoms with Crippen LogP contribution in [0.15, 0.2) is 0 Å². The van der Waals surface area contributed by atoms with E-state index in [2.05, 4.69) is 12.8 Å². The summed E-state index contributed by atoms with van der Waals surface area (Å²) in [5.41, 5.74) is 0. The number of hydrogen-bond acceptors (Lipinski definition) is 1. The third-order valence-corrected chi connectivity index (χ3v) is 3.00. The van der Waals surface area contributed by atoms with Gasteiger partial charge in [-0.1, -0.05) is 58.3 Å². The Morgan fingerprint density at radius 2 is 1.62 bits per heavy atom. The van der Waals surface area contributed by atoms with Gasteiger partial charge < -0.3 is 4.79 Å². The second-order valence-corrected chi connectivity index (χ2v) is 4.57. The molecule has 0 aromatic heterocycles. The van der Waals surface area contributed by atoms with Crippen LogP contribution >= 0.6 is 0 Å². The molecule has 0 aromatic rings. The minimum Gasteiger partial charge on any atom is -0.303 e. The van der Waals surface area contributed by atoms with Gasteiger partial charge in [0.25, 0.3) is 0 Å². The zero-order chi connectivity index (χ0) is 12.1. The van der Waals surface area contributed by atoms with Crippen LogP contribution in [0.2, 0.25) is 0 Å². The van der Waals surface area contributed by atoms with E-state index < -0.39 is 0 Å². The van der Waals surface area contributed by atoms with Crippen molar-refractivity contribution in [3.05, 3.63) is 0 Å². The van der Waals surface area contributed by atoms with Gasteiger partial charge in [0.2, 0.25) is 0 Å². The molecular formula is C15H26O. The fourth-order valence-corrected chi connectivity index (χ4v) is 1.91. The fourth-order valence-electron chi connectivity index (χ4n) is 1.91. The number of rotatable bonds is 11. The van der Waals surface area contributed by atoms with Crippen LogP contribution in [0, 0.1) is 18.3 Å². The van der Waals surface area contributed by atoms with Crippen molar-refractivity contribution >= 4 is 6.29 Å². The molecule has 0 saturated heterocycles. The Bertz CT molecular complexity index is 190. The maximum absolute atomic E-state index is 10.6. The first kappa shape index (κ1) is 15.2. The van der Waals surface area contributed by atoms with Crippen molar-refractivity contribution < 1.29 is 4.79 Å². The second-order valence-electron chi connectivity index (χ2n) is 4.57. The summed E-state index contributed by atoms with van der Waals surface area (Å²) in [5.74, 6) is 2.66. The van der Waals surface area contributed by atoms with Crippen molar-refractivity contribution in [2.75, 3.05) is 0 Å². The summed E-state index contributed by atoms with van der Waals surface area (Å²) in [6, 6.07) is 0. The standard InChI is InChI=1S/C15H26O/c1-3-5-6-7-8-9-10-11-13-15(14-16)12-4-2/h2,14-15H,3,5-13H2,1H3. The van der Waals surface area contributed by atoms with Crippen molar-refractivity contribution in [3.63, 3.8) is 0 Å². The fraction of sp³-hybridized carbons (Fsp3) is 0.800. The van der Waals surface area contributed by atoms with Crippen molar-refractivity contribution in [2.24, 2.45) is 5.92 Å². The van der Waals surface area contributed by atoms with E-state index in [0.717, 1.165) is 19.1 Å². The van der Waals surface area contributed by atoms with Crippen LogP contribution in [0.3, 0.4) is 0 Å². The summed E-state index contributed by atoms with van der Waals surface area (Å²) in [7, 11) is 0. The number of terminal acetylenes is 1. The Labute approximate surface area is 101 Å². The number of hydrogen-bond donors (Lipinski definition) is 0. The van der Waals surface area contributed by atoms with Gasteiger partial charge in [-0.05, 0) is 6.42 Å². The molecule has 0 spiro atoms. The van der Waals surface area contributed by atoms with Crippen LogP contribution in [0.5, 0.6) is 0 Å². The van der Waals surface area contributed by atoms with E-state index >= 15 is 0 Å². The Morgan fingerprint density at radius 1 is 1.06 bits per heavy atom. The molecule has 0 aliphatic carbocycles. The molecule has 92 valence electrons. The maximum Gasteiger partial charge on any atom is 0.124 e. The van der Waals surface area contributed by atoms with E-state index in [9.17, 15) is 4.79 Å². The van der Waals surface area contributed by atoms with E-state index in [1.807, 2.05) is 0 Å². The third kappa shape index (κ3) is 9.77. The highest BCUT2D eigenvalue weighted by molar-refractivity contribution is 5.53. The highest BCUT2D eigenvalue weighted by Gasteiger charge is 2.04. The van der Waals surface area contributed by atoms with E-state index in [1.54, 1.807) is 0 Å². The van der Waals surface area contributed by atoms with E-state index in [1.165, 1.54) is 44.9 Å². The van der Waals surface area contributed by atoms with E-state index in [0.29, 0.717) is 6.42 Å². The highest BCUT2D eigenvalue weighted by atomic mass is 16.1. The molecule has 0 aromatic carbocycles. The average molecular weight is 222 g/mol. The SMILES string of the molecule is C#CCC(C=O)CCCCCCCCCC. The van der Waals surface area contributed by atoms with Gasteiger partial charge in [-0.15, -0.1) is 12.3 Å². The zero-order valence-electron chi connectivity index (χ0n) is 10.7. The van der Waals surface area contributed by atoms with Crippen LogP contribution in [0.25, 0.3) is 0 Å². The van der Waals surface area contributed by atoms with Crippen molar-refractivity contribution in [1.82, 2.24) is 0 Å². The lowest BCUT2D eigenvalue weighted by Gasteiger charge is -2.05. The highest BCUT2D eigenvalue weighted by Crippen LogP contribution is 2.13. The Morgan fingerprint density at radius 3 is 2.12 bits per heavy atom. The molecule has 0 N–H and O–H groups in total. The van der Waals surface area contributed by atoms with Crippen LogP contribution in [-0.4, -0.2) is 6.29 Å². The first-order chi connectivity index (χ1) is 7.85. The minimum atomic E-state index is 0.102. The first-order valence-corrected chi connectivity index (χ1v) is 6.73. The maximum atomic E-state index is 10.6. The van der Waals surface area contributed by atoms with Crippen LogP contribution in [0.1, 0.15) is 71.1 Å². The first-order valence-electron chi connectivity index (χ1n) is 6.73. The molecule has 0 saturated carbocycles. The van der Waals surface area contributed by atoms with E-state index in [4.69, 9.17) is 6.42 Å². The molecule has 0 fully saturated rings. The molecule has 1 atom stereocenters. The molecule has 0 amide bonds. The lowest BCUT2D eigenvalue weighted by molar-refractivity contribution is -0.111. The van der Waals surface area contributed by atoms with Gasteiger partial charge >= 0.3 is 0 Å². The molecule has 0 aliphatic rings. The summed E-state index contributed by atoms with van der Waals surface area (Å²) in [6.45, 7) is 2.24. The topological polar surface area (TPSA) is 17.1 Å². The molecule has 0 aliphatic heterocycles. The molecule has 1 unspecified atom stereocenters. The molecular weight excluding hydrogens is 196 g/mol. The molecule has 16 heavy (non-hydrogen) atoms. The second kappa shape index (κ2) is 12.3. The Kier molecular flexibility index (Phi) is 11.7. The lowest BCUT2D eigenvalue weighted by atomic mass is 9.99. The van der Waals surface area contributed by atoms with Gasteiger partial charge in [-0.2, -0.15) is 0 Å². The number of unbranched alkanes of at least 4 members (excludes halogenated alkanes) is 7. The van der Waals surface area contributed by atoms with Crippen LogP contribution in [0.4, 0.5) is 0 Å². The van der Waals surface area contributed by atoms with Gasteiger partial charge in [-0.3, -0.25) is 0 Å². The van der Waals surface area contributed by atoms with Gasteiger partial charge in [0, 0.05) is 12.3 Å². The number of aldehydes is 1. The number of carbonyl (C=O) groups excluding carboxylic acids is 1. The smallest absolute Gasteiger partial charge is 0.124 e. The van der Waals surface area contributed by atoms with Crippen LogP contribution < -0.4 is 0 Å². The van der Waals surface area contributed by atoms with Crippen molar-refractivity contribution in [1.29, 1.82) is 0 Å². The number of carbonyl (C=O) groups is 1. The Hall–Kier alpha value is -0.770. The van der Waals surface area contributed by atoms with Gasteiger partial charge in [0.05, 0.1) is 0 Å². The Balaban J connectivity index is 3.19. The average Bonchev–Trinajstić information content (AvgIpc) is 2.31. The normalized spacial score (nSPS) is 12.0. The minimum absolute atomic E-state index is 0.102. The monoisotopic (exact) mass is 222 g/mol. The van der Waals surface area contributed by atoms with Crippen LogP contribution in [-0.2, 0) is 4.79 Å². The lowest BCUT2D eigenvalue weighted by Crippen LogP contribution is -2.00. The summed E-state index contributed by atoms with van der Waals surface area (Å²) < 4.78 is 0. The largest absolute Gasteiger partial charge is 0.303 e. The summed E-state index contributed by atoms with van der Waals surface area (Å²) in [5, 5.41) is 0. The van der Waals surface area contributed by atoms with Gasteiger partial charge in [0.15, 0.2) is 0 Å². The molecule has 0 bridgehead atoms. The zero-order valence-corrected chi connectivity index (χ0v) is 10.7. The predicted octanol–water partition coefficient (Wildman–Crippen LogP) is 4.36. The van der Waals surface area contributed by atoms with Crippen molar-refractivity contribution in [2.45, 2.75) is 71.1 Å².